The molecule has 2 amide bonds. The first-order valence-corrected chi connectivity index (χ1v) is 7.14. The normalized spacial score (nSPS) is 12.0. The first-order valence-electron chi connectivity index (χ1n) is 7.14. The third kappa shape index (κ3) is 6.83. The fraction of sp³-hybridized carbons (Fsp3) is 0.600. The van der Waals surface area contributed by atoms with Gasteiger partial charge in [0.25, 0.3) is 0 Å². The summed E-state index contributed by atoms with van der Waals surface area (Å²) >= 11 is 0. The van der Waals surface area contributed by atoms with Crippen LogP contribution in [0.1, 0.15) is 37.7 Å². The van der Waals surface area contributed by atoms with E-state index in [1.165, 1.54) is 0 Å². The smallest absolute Gasteiger partial charge is 0.317 e. The SMILES string of the molecule is Cc1ccc(CN(C)C(=O)NCCC(C)CCC(=O)O)o1. The molecule has 0 radical (unpaired) electrons. The summed E-state index contributed by atoms with van der Waals surface area (Å²) in [6, 6.07) is 3.56. The van der Waals surface area contributed by atoms with E-state index < -0.39 is 5.97 Å². The van der Waals surface area contributed by atoms with Crippen molar-refractivity contribution < 1.29 is 19.1 Å². The molecular weight excluding hydrogens is 272 g/mol. The number of carboxylic acids is 1. The van der Waals surface area contributed by atoms with E-state index in [2.05, 4.69) is 5.32 Å². The Bertz CT molecular complexity index is 470. The van der Waals surface area contributed by atoms with Crippen LogP contribution < -0.4 is 5.32 Å². The molecule has 0 spiro atoms. The van der Waals surface area contributed by atoms with Gasteiger partial charge < -0.3 is 19.7 Å². The molecule has 0 aliphatic heterocycles. The van der Waals surface area contributed by atoms with Gasteiger partial charge in [0, 0.05) is 20.0 Å². The average Bonchev–Trinajstić information content (AvgIpc) is 2.81. The molecule has 2 N–H and O–H groups in total. The van der Waals surface area contributed by atoms with Crippen LogP contribution >= 0.6 is 0 Å². The highest BCUT2D eigenvalue weighted by Crippen LogP contribution is 2.10. The number of furan rings is 1. The van der Waals surface area contributed by atoms with E-state index in [4.69, 9.17) is 9.52 Å². The van der Waals surface area contributed by atoms with Gasteiger partial charge in [0.05, 0.1) is 6.54 Å². The monoisotopic (exact) mass is 296 g/mol. The topological polar surface area (TPSA) is 82.8 Å². The van der Waals surface area contributed by atoms with E-state index >= 15 is 0 Å². The third-order valence-corrected chi connectivity index (χ3v) is 3.30. The minimum absolute atomic E-state index is 0.158. The zero-order chi connectivity index (χ0) is 15.8. The van der Waals surface area contributed by atoms with Crippen molar-refractivity contribution in [1.82, 2.24) is 10.2 Å². The standard InChI is InChI=1S/C15H24N2O4/c1-11(4-7-14(18)19)8-9-16-15(20)17(3)10-13-6-5-12(2)21-13/h5-6,11H,4,7-10H2,1-3H3,(H,16,20)(H,18,19). The number of aliphatic carboxylic acids is 1. The van der Waals surface area contributed by atoms with E-state index in [1.54, 1.807) is 11.9 Å². The van der Waals surface area contributed by atoms with Gasteiger partial charge in [-0.15, -0.1) is 0 Å². The first-order chi connectivity index (χ1) is 9.88. The molecule has 0 aliphatic rings. The maximum Gasteiger partial charge on any atom is 0.317 e. The van der Waals surface area contributed by atoms with E-state index in [0.29, 0.717) is 19.5 Å². The zero-order valence-corrected chi connectivity index (χ0v) is 12.9. The number of hydrogen-bond donors (Lipinski definition) is 2. The van der Waals surface area contributed by atoms with Gasteiger partial charge in [-0.05, 0) is 37.8 Å². The van der Waals surface area contributed by atoms with Gasteiger partial charge in [0.15, 0.2) is 0 Å². The minimum atomic E-state index is -0.778. The van der Waals surface area contributed by atoms with Crippen molar-refractivity contribution in [3.8, 4) is 0 Å². The number of amides is 2. The van der Waals surface area contributed by atoms with Gasteiger partial charge in [-0.2, -0.15) is 0 Å². The minimum Gasteiger partial charge on any atom is -0.481 e. The second-order valence-corrected chi connectivity index (χ2v) is 5.43. The number of carbonyl (C=O) groups excluding carboxylic acids is 1. The first kappa shape index (κ1) is 17.1. The predicted octanol–water partition coefficient (Wildman–Crippen LogP) is 2.62. The fourth-order valence-electron chi connectivity index (χ4n) is 1.95. The summed E-state index contributed by atoms with van der Waals surface area (Å²) in [5.41, 5.74) is 0. The summed E-state index contributed by atoms with van der Waals surface area (Å²) in [6.07, 6.45) is 1.58. The Morgan fingerprint density at radius 1 is 1.38 bits per heavy atom. The van der Waals surface area contributed by atoms with Crippen LogP contribution in [0.5, 0.6) is 0 Å². The van der Waals surface area contributed by atoms with Crippen molar-refractivity contribution in [2.75, 3.05) is 13.6 Å². The fourth-order valence-corrected chi connectivity index (χ4v) is 1.95. The van der Waals surface area contributed by atoms with Crippen molar-refractivity contribution in [2.45, 2.75) is 39.7 Å². The number of hydrogen-bond acceptors (Lipinski definition) is 3. The lowest BCUT2D eigenvalue weighted by atomic mass is 10.0. The Morgan fingerprint density at radius 3 is 2.67 bits per heavy atom. The lowest BCUT2D eigenvalue weighted by molar-refractivity contribution is -0.137. The van der Waals surface area contributed by atoms with Crippen LogP contribution in [-0.4, -0.2) is 35.6 Å². The lowest BCUT2D eigenvalue weighted by Crippen LogP contribution is -2.37. The summed E-state index contributed by atoms with van der Waals surface area (Å²) in [5, 5.41) is 11.4. The number of urea groups is 1. The average molecular weight is 296 g/mol. The van der Waals surface area contributed by atoms with Gasteiger partial charge in [0.2, 0.25) is 0 Å². The molecule has 0 aromatic carbocycles. The number of carboxylic acid groups (broad SMARTS) is 1. The van der Waals surface area contributed by atoms with Gasteiger partial charge in [-0.25, -0.2) is 4.79 Å². The molecular formula is C15H24N2O4. The summed E-state index contributed by atoms with van der Waals surface area (Å²) in [4.78, 5) is 23.9. The highest BCUT2D eigenvalue weighted by Gasteiger charge is 2.11. The maximum absolute atomic E-state index is 11.9. The molecule has 0 saturated heterocycles. The molecule has 0 bridgehead atoms. The molecule has 0 aliphatic carbocycles. The number of nitrogens with zero attached hydrogens (tertiary/aromatic N) is 1. The van der Waals surface area contributed by atoms with Gasteiger partial charge >= 0.3 is 12.0 Å². The van der Waals surface area contributed by atoms with Crippen molar-refractivity contribution >= 4 is 12.0 Å². The number of nitrogens with one attached hydrogen (secondary N) is 1. The summed E-state index contributed by atoms with van der Waals surface area (Å²) in [7, 11) is 1.71. The van der Waals surface area contributed by atoms with Gasteiger partial charge in [-0.1, -0.05) is 6.92 Å². The quantitative estimate of drug-likeness (QED) is 0.772. The largest absolute Gasteiger partial charge is 0.481 e. The Kier molecular flexibility index (Phi) is 6.78. The summed E-state index contributed by atoms with van der Waals surface area (Å²) < 4.78 is 5.42. The van der Waals surface area contributed by atoms with Crippen molar-refractivity contribution in [2.24, 2.45) is 5.92 Å². The Hall–Kier alpha value is -1.98. The highest BCUT2D eigenvalue weighted by molar-refractivity contribution is 5.73. The number of aryl methyl sites for hydroxylation is 1. The molecule has 21 heavy (non-hydrogen) atoms. The van der Waals surface area contributed by atoms with Gasteiger partial charge in [0.1, 0.15) is 11.5 Å². The Balaban J connectivity index is 2.22. The van der Waals surface area contributed by atoms with Crippen LogP contribution in [0.4, 0.5) is 4.79 Å². The number of rotatable bonds is 8. The summed E-state index contributed by atoms with van der Waals surface area (Å²) in [6.45, 7) is 4.82. The maximum atomic E-state index is 11.9. The van der Waals surface area contributed by atoms with Crippen molar-refractivity contribution in [3.63, 3.8) is 0 Å². The predicted molar refractivity (Wildman–Crippen MR) is 79.0 cm³/mol. The molecule has 0 fully saturated rings. The molecule has 1 aromatic rings. The van der Waals surface area contributed by atoms with E-state index in [9.17, 15) is 9.59 Å². The number of carbonyl (C=O) groups is 2. The van der Waals surface area contributed by atoms with Crippen molar-refractivity contribution in [1.29, 1.82) is 0 Å². The van der Waals surface area contributed by atoms with Crippen LogP contribution in [0.15, 0.2) is 16.5 Å². The zero-order valence-electron chi connectivity index (χ0n) is 12.9. The third-order valence-electron chi connectivity index (χ3n) is 3.30. The molecule has 118 valence electrons. The molecule has 1 unspecified atom stereocenters. The highest BCUT2D eigenvalue weighted by atomic mass is 16.4. The van der Waals surface area contributed by atoms with Crippen LogP contribution in [0.3, 0.4) is 0 Å². The Morgan fingerprint density at radius 2 is 2.10 bits per heavy atom. The van der Waals surface area contributed by atoms with E-state index in [0.717, 1.165) is 17.9 Å². The molecule has 6 nitrogen and oxygen atoms in total. The summed E-state index contributed by atoms with van der Waals surface area (Å²) in [5.74, 6) is 1.07. The van der Waals surface area contributed by atoms with Gasteiger partial charge in [-0.3, -0.25) is 4.79 Å². The lowest BCUT2D eigenvalue weighted by Gasteiger charge is -2.17. The molecule has 1 aromatic heterocycles. The second kappa shape index (κ2) is 8.34. The molecule has 1 rings (SSSR count). The molecule has 6 heteroatoms. The van der Waals surface area contributed by atoms with E-state index in [1.807, 2.05) is 26.0 Å². The molecule has 0 saturated carbocycles. The van der Waals surface area contributed by atoms with Crippen LogP contribution in [0.2, 0.25) is 0 Å². The Labute approximate surface area is 125 Å². The molecule has 1 atom stereocenters. The van der Waals surface area contributed by atoms with Crippen molar-refractivity contribution in [3.05, 3.63) is 23.7 Å². The molecule has 1 heterocycles. The second-order valence-electron chi connectivity index (χ2n) is 5.43. The van der Waals surface area contributed by atoms with E-state index in [-0.39, 0.29) is 18.4 Å². The van der Waals surface area contributed by atoms with Crippen LogP contribution in [-0.2, 0) is 11.3 Å². The van der Waals surface area contributed by atoms with Crippen LogP contribution in [0.25, 0.3) is 0 Å². The van der Waals surface area contributed by atoms with Crippen LogP contribution in [0, 0.1) is 12.8 Å².